The molecule has 0 bridgehead atoms. The minimum atomic E-state index is 0.0561. The number of carbonyl (C=O) groups is 1. The number of hydrogen-bond acceptors (Lipinski definition) is 1. The van der Waals surface area contributed by atoms with E-state index < -0.39 is 0 Å². The number of aromatic nitrogens is 1. The van der Waals surface area contributed by atoms with Crippen LogP contribution in [0.4, 0.5) is 0 Å². The molecule has 0 spiro atoms. The van der Waals surface area contributed by atoms with Crippen LogP contribution < -0.4 is 0 Å². The molecule has 17 heavy (non-hydrogen) atoms. The Morgan fingerprint density at radius 2 is 1.65 bits per heavy atom. The van der Waals surface area contributed by atoms with E-state index in [0.29, 0.717) is 0 Å². The number of fused-ring (bicyclic) bond motifs is 1. The number of aryl methyl sites for hydroxylation is 1. The van der Waals surface area contributed by atoms with Crippen LogP contribution in [0.15, 0.2) is 30.5 Å². The first-order chi connectivity index (χ1) is 8.18. The monoisotopic (exact) mass is 233 g/mol. The van der Waals surface area contributed by atoms with E-state index in [2.05, 4.69) is 0 Å². The SMILES string of the molecule is CC.CC.CC(=O)n1ccc2ccc(C)cc21. The second-order valence-electron chi connectivity index (χ2n) is 3.27. The third-order valence-electron chi connectivity index (χ3n) is 2.19. The van der Waals surface area contributed by atoms with Crippen LogP contribution in [0.5, 0.6) is 0 Å². The van der Waals surface area contributed by atoms with E-state index in [1.165, 1.54) is 5.56 Å². The van der Waals surface area contributed by atoms with Gasteiger partial charge < -0.3 is 0 Å². The summed E-state index contributed by atoms with van der Waals surface area (Å²) in [4.78, 5) is 11.2. The molecule has 2 heteroatoms. The van der Waals surface area contributed by atoms with Crippen molar-refractivity contribution in [2.45, 2.75) is 41.5 Å². The number of benzene rings is 1. The highest BCUT2D eigenvalue weighted by Crippen LogP contribution is 2.16. The Hall–Kier alpha value is -1.57. The van der Waals surface area contributed by atoms with Gasteiger partial charge >= 0.3 is 0 Å². The third kappa shape index (κ3) is 3.74. The maximum atomic E-state index is 11.2. The summed E-state index contributed by atoms with van der Waals surface area (Å²) < 4.78 is 1.67. The van der Waals surface area contributed by atoms with Crippen molar-refractivity contribution in [1.82, 2.24) is 4.57 Å². The molecule has 0 unspecified atom stereocenters. The van der Waals surface area contributed by atoms with E-state index >= 15 is 0 Å². The smallest absolute Gasteiger partial charge is 0.227 e. The third-order valence-corrected chi connectivity index (χ3v) is 2.19. The van der Waals surface area contributed by atoms with Gasteiger partial charge in [0.1, 0.15) is 0 Å². The van der Waals surface area contributed by atoms with Gasteiger partial charge in [-0.25, -0.2) is 0 Å². The molecule has 1 aromatic carbocycles. The Labute approximate surface area is 104 Å². The van der Waals surface area contributed by atoms with Crippen molar-refractivity contribution < 1.29 is 4.79 Å². The predicted molar refractivity (Wildman–Crippen MR) is 75.7 cm³/mol. The fourth-order valence-corrected chi connectivity index (χ4v) is 1.51. The molecule has 0 fully saturated rings. The summed E-state index contributed by atoms with van der Waals surface area (Å²) in [5.41, 5.74) is 2.17. The van der Waals surface area contributed by atoms with Gasteiger partial charge in [0.25, 0.3) is 0 Å². The minimum Gasteiger partial charge on any atom is -0.287 e. The molecule has 0 aliphatic rings. The number of carbonyl (C=O) groups excluding carboxylic acids is 1. The van der Waals surface area contributed by atoms with Gasteiger partial charge in [-0.2, -0.15) is 0 Å². The van der Waals surface area contributed by atoms with Crippen LogP contribution in [0.3, 0.4) is 0 Å². The number of rotatable bonds is 0. The average molecular weight is 233 g/mol. The van der Waals surface area contributed by atoms with Gasteiger partial charge in [-0.3, -0.25) is 9.36 Å². The molecule has 0 saturated carbocycles. The maximum absolute atomic E-state index is 11.2. The normalized spacial score (nSPS) is 8.82. The van der Waals surface area contributed by atoms with Crippen LogP contribution in [-0.4, -0.2) is 10.5 Å². The lowest BCUT2D eigenvalue weighted by atomic mass is 10.2. The zero-order valence-corrected chi connectivity index (χ0v) is 11.7. The van der Waals surface area contributed by atoms with Gasteiger partial charge in [0, 0.05) is 18.5 Å². The molecule has 0 aliphatic carbocycles. The molecule has 0 radical (unpaired) electrons. The standard InChI is InChI=1S/C11H11NO.2C2H6/c1-8-3-4-10-5-6-12(9(2)13)11(10)7-8;2*1-2/h3-7H,1-2H3;2*1-2H3. The van der Waals surface area contributed by atoms with Gasteiger partial charge in [0.2, 0.25) is 5.91 Å². The topological polar surface area (TPSA) is 22.0 Å². The molecule has 0 saturated heterocycles. The predicted octanol–water partition coefficient (Wildman–Crippen LogP) is 4.66. The highest BCUT2D eigenvalue weighted by Gasteiger charge is 2.03. The van der Waals surface area contributed by atoms with Crippen molar-refractivity contribution in [2.24, 2.45) is 0 Å². The van der Waals surface area contributed by atoms with Crippen LogP contribution >= 0.6 is 0 Å². The van der Waals surface area contributed by atoms with Crippen LogP contribution in [0.1, 0.15) is 45.0 Å². The van der Waals surface area contributed by atoms with Crippen molar-refractivity contribution in [3.05, 3.63) is 36.0 Å². The first-order valence-electron chi connectivity index (χ1n) is 6.27. The molecule has 0 atom stereocenters. The molecule has 1 heterocycles. The zero-order valence-electron chi connectivity index (χ0n) is 11.7. The highest BCUT2D eigenvalue weighted by molar-refractivity contribution is 5.91. The van der Waals surface area contributed by atoms with E-state index in [0.717, 1.165) is 10.9 Å². The van der Waals surface area contributed by atoms with Crippen LogP contribution in [0.2, 0.25) is 0 Å². The van der Waals surface area contributed by atoms with Crippen molar-refractivity contribution >= 4 is 16.8 Å². The molecule has 94 valence electrons. The van der Waals surface area contributed by atoms with Crippen molar-refractivity contribution in [3.63, 3.8) is 0 Å². The first kappa shape index (κ1) is 15.4. The number of hydrogen-bond donors (Lipinski definition) is 0. The van der Waals surface area contributed by atoms with Gasteiger partial charge in [0.05, 0.1) is 5.52 Å². The van der Waals surface area contributed by atoms with E-state index in [4.69, 9.17) is 0 Å². The van der Waals surface area contributed by atoms with Gasteiger partial charge in [0.15, 0.2) is 0 Å². The Morgan fingerprint density at radius 1 is 1.06 bits per heavy atom. The van der Waals surface area contributed by atoms with Crippen molar-refractivity contribution in [1.29, 1.82) is 0 Å². The largest absolute Gasteiger partial charge is 0.287 e. The average Bonchev–Trinajstić information content (AvgIpc) is 2.77. The van der Waals surface area contributed by atoms with E-state index in [-0.39, 0.29) is 5.91 Å². The molecule has 0 N–H and O–H groups in total. The Bertz CT molecular complexity index is 469. The highest BCUT2D eigenvalue weighted by atomic mass is 16.1. The lowest BCUT2D eigenvalue weighted by molar-refractivity contribution is 0.0941. The summed E-state index contributed by atoms with van der Waals surface area (Å²) in [5, 5.41) is 1.11. The molecular formula is C15H23NO. The van der Waals surface area contributed by atoms with Crippen molar-refractivity contribution in [3.8, 4) is 0 Å². The summed E-state index contributed by atoms with van der Waals surface area (Å²) in [6, 6.07) is 8.06. The summed E-state index contributed by atoms with van der Waals surface area (Å²) in [5.74, 6) is 0.0561. The first-order valence-corrected chi connectivity index (χ1v) is 6.27. The summed E-state index contributed by atoms with van der Waals surface area (Å²) in [6.07, 6.45) is 1.81. The summed E-state index contributed by atoms with van der Waals surface area (Å²) in [7, 11) is 0. The lowest BCUT2D eigenvalue weighted by Crippen LogP contribution is -2.02. The summed E-state index contributed by atoms with van der Waals surface area (Å²) >= 11 is 0. The Balaban J connectivity index is 0.000000581. The van der Waals surface area contributed by atoms with Gasteiger partial charge in [-0.05, 0) is 24.6 Å². The lowest BCUT2D eigenvalue weighted by Gasteiger charge is -1.99. The minimum absolute atomic E-state index is 0.0561. The fraction of sp³-hybridized carbons (Fsp3) is 0.400. The van der Waals surface area contributed by atoms with E-state index in [1.54, 1.807) is 11.5 Å². The van der Waals surface area contributed by atoms with E-state index in [9.17, 15) is 4.79 Å². The molecule has 0 aliphatic heterocycles. The Kier molecular flexibility index (Phi) is 6.95. The van der Waals surface area contributed by atoms with Crippen molar-refractivity contribution in [2.75, 3.05) is 0 Å². The zero-order chi connectivity index (χ0) is 13.4. The molecule has 0 amide bonds. The van der Waals surface area contributed by atoms with E-state index in [1.807, 2.05) is 65.1 Å². The molecule has 2 aromatic rings. The van der Waals surface area contributed by atoms with Crippen LogP contribution in [-0.2, 0) is 0 Å². The molecule has 1 aromatic heterocycles. The second kappa shape index (κ2) is 7.66. The van der Waals surface area contributed by atoms with Crippen LogP contribution in [0.25, 0.3) is 10.9 Å². The molecule has 2 rings (SSSR count). The van der Waals surface area contributed by atoms with Gasteiger partial charge in [-0.1, -0.05) is 39.8 Å². The molecular weight excluding hydrogens is 210 g/mol. The Morgan fingerprint density at radius 3 is 2.18 bits per heavy atom. The maximum Gasteiger partial charge on any atom is 0.227 e. The number of nitrogens with zero attached hydrogens (tertiary/aromatic N) is 1. The molecule has 2 nitrogen and oxygen atoms in total. The summed E-state index contributed by atoms with van der Waals surface area (Å²) in [6.45, 7) is 11.6. The second-order valence-corrected chi connectivity index (χ2v) is 3.27. The fourth-order valence-electron chi connectivity index (χ4n) is 1.51. The van der Waals surface area contributed by atoms with Crippen LogP contribution in [0, 0.1) is 6.92 Å². The quantitative estimate of drug-likeness (QED) is 0.648. The van der Waals surface area contributed by atoms with Gasteiger partial charge in [-0.15, -0.1) is 0 Å².